The smallest absolute Gasteiger partial charge is 0.475 e. The summed E-state index contributed by atoms with van der Waals surface area (Å²) in [6, 6.07) is -0.487. The molecule has 11 atom stereocenters. The molecule has 316 valence electrons. The second-order valence-corrected chi connectivity index (χ2v) is 15.0. The van der Waals surface area contributed by atoms with Gasteiger partial charge in [0.15, 0.2) is 6.23 Å². The van der Waals surface area contributed by atoms with E-state index in [9.17, 15) is 59.6 Å². The molecule has 11 N–H and O–H groups in total. The van der Waals surface area contributed by atoms with Crippen LogP contribution in [0.15, 0.2) is 23.3 Å². The molecule has 0 aromatic carbocycles. The van der Waals surface area contributed by atoms with Crippen LogP contribution in [0.25, 0.3) is 0 Å². The van der Waals surface area contributed by atoms with Crippen LogP contribution < -0.4 is 16.7 Å². The zero-order valence-electron chi connectivity index (χ0n) is 30.8. The highest BCUT2D eigenvalue weighted by molar-refractivity contribution is 7.47. The topological polar surface area (TPSA) is 357 Å². The van der Waals surface area contributed by atoms with Gasteiger partial charge in [0.25, 0.3) is 5.79 Å². The lowest BCUT2D eigenvalue weighted by molar-refractivity contribution is -0.289. The first-order chi connectivity index (χ1) is 26.4. The van der Waals surface area contributed by atoms with Crippen LogP contribution in [-0.4, -0.2) is 163 Å². The number of aromatic nitrogens is 5. The Labute approximate surface area is 320 Å². The molecule has 1 unspecified atom stereocenters. The van der Waals surface area contributed by atoms with Crippen LogP contribution in [0.2, 0.25) is 0 Å². The number of carboxylic acids is 1. The summed E-state index contributed by atoms with van der Waals surface area (Å²) in [7, 11) is -5.60. The number of hydrogen-bond acceptors (Lipinski definition) is 19. The number of nitrogens with zero attached hydrogens (tertiary/aromatic N) is 6. The molecule has 2 aromatic heterocycles. The standard InChI is InChI=1S/C31H51N8O16P/c1-3-5-8-37(9-6-4-2)12-17-13-38(36-35-17)14-22(43)34-23-18(41)11-31(29(47)48,54-27(23)24(44)19(42)15-40)55-56(50,51)52-16-20-25(45)26(46)28(53-20)39-10-7-21(32)33-30(39)49/h7,10,13,18-20,23-28,40-42,44-46H,3-6,8-9,11-12,14-16H2,1-2H3,(H,34,43)(H,47,48)(H,50,51)(H2,32,33,49)/t18-,19+,20+,23+,24+,25+,26+,27+,28+,31+/m0/s1. The summed E-state index contributed by atoms with van der Waals surface area (Å²) in [5.41, 5.74) is 5.10. The molecule has 0 saturated carbocycles. The normalized spacial score (nSPS) is 28.9. The summed E-state index contributed by atoms with van der Waals surface area (Å²) in [5, 5.41) is 83.4. The Morgan fingerprint density at radius 3 is 2.46 bits per heavy atom. The number of carbonyl (C=O) groups is 2. The zero-order chi connectivity index (χ0) is 41.4. The predicted octanol–water partition coefficient (Wildman–Crippen LogP) is -3.60. The van der Waals surface area contributed by atoms with Crippen molar-refractivity contribution in [2.75, 3.05) is 32.0 Å². The third kappa shape index (κ3) is 11.3. The van der Waals surface area contributed by atoms with Gasteiger partial charge in [-0.1, -0.05) is 31.9 Å². The van der Waals surface area contributed by atoms with E-state index < -0.39 is 112 Å². The van der Waals surface area contributed by atoms with E-state index in [1.54, 1.807) is 6.20 Å². The van der Waals surface area contributed by atoms with Crippen LogP contribution in [-0.2, 0) is 45.8 Å². The predicted molar refractivity (Wildman–Crippen MR) is 188 cm³/mol. The van der Waals surface area contributed by atoms with Gasteiger partial charge in [0.05, 0.1) is 37.3 Å². The Hall–Kier alpha value is -3.49. The van der Waals surface area contributed by atoms with Gasteiger partial charge in [-0.25, -0.2) is 23.4 Å². The van der Waals surface area contributed by atoms with Crippen molar-refractivity contribution in [3.63, 3.8) is 0 Å². The lowest BCUT2D eigenvalue weighted by Gasteiger charge is -2.46. The molecule has 56 heavy (non-hydrogen) atoms. The maximum Gasteiger partial charge on any atom is 0.475 e. The molecule has 2 saturated heterocycles. The maximum absolute atomic E-state index is 13.2. The van der Waals surface area contributed by atoms with Crippen LogP contribution >= 0.6 is 7.82 Å². The highest BCUT2D eigenvalue weighted by Crippen LogP contribution is 2.51. The number of phosphoric acid groups is 1. The second-order valence-electron chi connectivity index (χ2n) is 13.6. The van der Waals surface area contributed by atoms with Crippen molar-refractivity contribution in [3.05, 3.63) is 34.6 Å². The van der Waals surface area contributed by atoms with Gasteiger partial charge in [-0.05, 0) is 32.0 Å². The number of unbranched alkanes of at least 4 members (excludes halogenated alkanes) is 2. The van der Waals surface area contributed by atoms with E-state index in [0.717, 1.165) is 49.5 Å². The van der Waals surface area contributed by atoms with Crippen molar-refractivity contribution >= 4 is 25.5 Å². The molecule has 2 aliphatic rings. The molecule has 2 aliphatic heterocycles. The molecule has 2 aromatic rings. The minimum Gasteiger partial charge on any atom is -0.477 e. The minimum absolute atomic E-state index is 0.141. The molecule has 0 aliphatic carbocycles. The Bertz CT molecular complexity index is 1710. The Morgan fingerprint density at radius 1 is 1.18 bits per heavy atom. The van der Waals surface area contributed by atoms with Crippen molar-refractivity contribution in [1.82, 2.24) is 34.8 Å². The Kier molecular flexibility index (Phi) is 16.0. The first-order valence-corrected chi connectivity index (χ1v) is 19.4. The average Bonchev–Trinajstić information content (AvgIpc) is 3.70. The number of phosphoric ester groups is 1. The number of aliphatic carboxylic acids is 1. The number of nitrogen functional groups attached to an aromatic ring is 1. The van der Waals surface area contributed by atoms with Crippen molar-refractivity contribution in [2.24, 2.45) is 0 Å². The number of ether oxygens (including phenoxy) is 2. The molecule has 0 bridgehead atoms. The van der Waals surface area contributed by atoms with Gasteiger partial charge < -0.3 is 61.2 Å². The number of nitrogens with one attached hydrogen (secondary N) is 1. The summed E-state index contributed by atoms with van der Waals surface area (Å²) in [5.74, 6) is -6.36. The Balaban J connectivity index is 1.46. The lowest BCUT2D eigenvalue weighted by atomic mass is 9.88. The van der Waals surface area contributed by atoms with E-state index in [1.165, 1.54) is 10.7 Å². The van der Waals surface area contributed by atoms with Crippen molar-refractivity contribution in [1.29, 1.82) is 0 Å². The average molecular weight is 823 g/mol. The lowest BCUT2D eigenvalue weighted by Crippen LogP contribution is -2.68. The van der Waals surface area contributed by atoms with Gasteiger partial charge in [-0.15, -0.1) is 5.10 Å². The fourth-order valence-electron chi connectivity index (χ4n) is 6.21. The number of anilines is 1. The quantitative estimate of drug-likeness (QED) is 0.0544. The molecule has 4 heterocycles. The number of rotatable bonds is 21. The minimum atomic E-state index is -5.60. The fraction of sp³-hybridized carbons (Fsp3) is 0.742. The number of hydrogen-bond donors (Lipinski definition) is 10. The number of nitrogens with two attached hydrogens (primary N) is 1. The molecule has 4 rings (SSSR count). The number of aliphatic hydroxyl groups excluding tert-OH is 6. The van der Waals surface area contributed by atoms with E-state index >= 15 is 0 Å². The highest BCUT2D eigenvalue weighted by atomic mass is 31.2. The first kappa shape index (κ1) is 45.2. The van der Waals surface area contributed by atoms with Gasteiger partial charge in [-0.3, -0.25) is 18.8 Å². The van der Waals surface area contributed by atoms with Crippen LogP contribution in [0.1, 0.15) is 57.9 Å². The number of aliphatic hydroxyl groups is 6. The molecule has 1 amide bonds. The third-order valence-corrected chi connectivity index (χ3v) is 10.2. The summed E-state index contributed by atoms with van der Waals surface area (Å²) >= 11 is 0. The van der Waals surface area contributed by atoms with Gasteiger partial charge >= 0.3 is 19.5 Å². The van der Waals surface area contributed by atoms with Crippen LogP contribution in [0.5, 0.6) is 0 Å². The zero-order valence-corrected chi connectivity index (χ0v) is 31.7. The van der Waals surface area contributed by atoms with E-state index in [1.807, 2.05) is 0 Å². The Morgan fingerprint density at radius 2 is 1.86 bits per heavy atom. The van der Waals surface area contributed by atoms with Gasteiger partial charge in [-0.2, -0.15) is 4.98 Å². The fourth-order valence-corrected chi connectivity index (χ4v) is 7.17. The van der Waals surface area contributed by atoms with Crippen molar-refractivity contribution in [2.45, 2.75) is 120 Å². The van der Waals surface area contributed by atoms with Gasteiger partial charge in [0.1, 0.15) is 49.0 Å². The van der Waals surface area contributed by atoms with Gasteiger partial charge in [0, 0.05) is 19.2 Å². The van der Waals surface area contributed by atoms with Crippen molar-refractivity contribution < 1.29 is 73.3 Å². The van der Waals surface area contributed by atoms with E-state index in [0.29, 0.717) is 12.2 Å². The molecule has 0 spiro atoms. The van der Waals surface area contributed by atoms with E-state index in [2.05, 4.69) is 39.4 Å². The number of carboxylic acid groups (broad SMARTS) is 1. The maximum atomic E-state index is 13.2. The second kappa shape index (κ2) is 19.8. The van der Waals surface area contributed by atoms with E-state index in [4.69, 9.17) is 24.3 Å². The first-order valence-electron chi connectivity index (χ1n) is 17.9. The molecule has 25 heteroatoms. The number of carbonyl (C=O) groups excluding carboxylic acids is 1. The SMILES string of the molecule is CCCCN(CCCC)Cc1cn(CC(=O)N[C@H]2[C@H]([C@H](O)[C@H](O)CO)O[C@](OP(=O)(O)OC[C@H]3O[C@@H](n4ccc(N)nc4=O)[C@H](O)[C@@H]3O)(C(=O)O)C[C@@H]2O)nn1. The summed E-state index contributed by atoms with van der Waals surface area (Å²) in [4.78, 5) is 54.3. The molecule has 0 radical (unpaired) electrons. The number of amides is 1. The third-order valence-electron chi connectivity index (χ3n) is 9.20. The highest BCUT2D eigenvalue weighted by Gasteiger charge is 2.59. The van der Waals surface area contributed by atoms with Gasteiger partial charge in [0.2, 0.25) is 5.91 Å². The van der Waals surface area contributed by atoms with Crippen LogP contribution in [0.4, 0.5) is 5.82 Å². The molecular weight excluding hydrogens is 771 g/mol. The van der Waals surface area contributed by atoms with Crippen LogP contribution in [0, 0.1) is 0 Å². The molecule has 2 fully saturated rings. The summed E-state index contributed by atoms with van der Waals surface area (Å²) in [6.07, 6.45) is -9.59. The van der Waals surface area contributed by atoms with Crippen LogP contribution in [0.3, 0.4) is 0 Å². The largest absolute Gasteiger partial charge is 0.477 e. The van der Waals surface area contributed by atoms with Crippen molar-refractivity contribution in [3.8, 4) is 0 Å². The van der Waals surface area contributed by atoms with E-state index in [-0.39, 0.29) is 5.82 Å². The summed E-state index contributed by atoms with van der Waals surface area (Å²) < 4.78 is 35.9. The molecule has 24 nitrogen and oxygen atoms in total. The monoisotopic (exact) mass is 822 g/mol. The molecular formula is C31H51N8O16P. The summed E-state index contributed by atoms with van der Waals surface area (Å²) in [6.45, 7) is 3.76.